The highest BCUT2D eigenvalue weighted by molar-refractivity contribution is 5.83. The number of carbonyl (C=O) groups excluding carboxylic acids is 1. The van der Waals surface area contributed by atoms with Crippen LogP contribution in [-0.2, 0) is 13.1 Å². The van der Waals surface area contributed by atoms with Gasteiger partial charge in [0, 0.05) is 22.6 Å². The van der Waals surface area contributed by atoms with Crippen LogP contribution in [0.3, 0.4) is 0 Å². The molecule has 6 heteroatoms. The fraction of sp³-hybridized carbons (Fsp3) is 0.200. The Bertz CT molecular complexity index is 990. The topological polar surface area (TPSA) is 51.7 Å². The van der Waals surface area contributed by atoms with Gasteiger partial charge in [-0.25, -0.2) is 14.2 Å². The molecule has 0 saturated heterocycles. The minimum absolute atomic E-state index is 0.145. The average molecular weight is 352 g/mol. The molecule has 0 spiro atoms. The molecule has 2 heterocycles. The van der Waals surface area contributed by atoms with Crippen LogP contribution in [0.5, 0.6) is 11.6 Å². The smallest absolute Gasteiger partial charge is 0.417 e. The number of hydrogen-bond acceptors (Lipinski definition) is 4. The molecular weight excluding hydrogens is 335 g/mol. The van der Waals surface area contributed by atoms with E-state index in [0.717, 1.165) is 16.7 Å². The van der Waals surface area contributed by atoms with Gasteiger partial charge >= 0.3 is 6.09 Å². The first-order chi connectivity index (χ1) is 12.6. The molecule has 5 nitrogen and oxygen atoms in total. The van der Waals surface area contributed by atoms with Gasteiger partial charge in [-0.2, -0.15) is 0 Å². The van der Waals surface area contributed by atoms with Crippen LogP contribution in [-0.4, -0.2) is 22.6 Å². The summed E-state index contributed by atoms with van der Waals surface area (Å²) in [6.45, 7) is 2.94. The van der Waals surface area contributed by atoms with Crippen LogP contribution in [0, 0.1) is 5.82 Å². The second kappa shape index (κ2) is 6.63. The van der Waals surface area contributed by atoms with Crippen molar-refractivity contribution in [1.29, 1.82) is 0 Å². The molecule has 0 radical (unpaired) electrons. The zero-order valence-corrected chi connectivity index (χ0v) is 14.2. The normalized spacial score (nSPS) is 13.5. The maximum atomic E-state index is 13.9. The second-order valence-corrected chi connectivity index (χ2v) is 6.06. The van der Waals surface area contributed by atoms with Gasteiger partial charge in [0.2, 0.25) is 5.88 Å². The van der Waals surface area contributed by atoms with Crippen molar-refractivity contribution in [2.75, 3.05) is 6.61 Å². The van der Waals surface area contributed by atoms with E-state index in [1.54, 1.807) is 18.2 Å². The van der Waals surface area contributed by atoms with E-state index in [1.165, 1.54) is 11.0 Å². The molecule has 1 amide bonds. The van der Waals surface area contributed by atoms with Crippen LogP contribution in [0.25, 0.3) is 10.9 Å². The lowest BCUT2D eigenvalue weighted by molar-refractivity contribution is 0.132. The van der Waals surface area contributed by atoms with E-state index in [0.29, 0.717) is 30.1 Å². The van der Waals surface area contributed by atoms with Crippen LogP contribution in [0.2, 0.25) is 0 Å². The molecule has 0 aliphatic carbocycles. The molecule has 132 valence electrons. The molecule has 0 unspecified atom stereocenters. The van der Waals surface area contributed by atoms with Crippen molar-refractivity contribution in [1.82, 2.24) is 9.88 Å². The van der Waals surface area contributed by atoms with E-state index in [4.69, 9.17) is 9.47 Å². The number of ether oxygens (including phenoxy) is 2. The van der Waals surface area contributed by atoms with Crippen LogP contribution < -0.4 is 9.47 Å². The summed E-state index contributed by atoms with van der Waals surface area (Å²) in [4.78, 5) is 18.2. The highest BCUT2D eigenvalue weighted by atomic mass is 19.1. The lowest BCUT2D eigenvalue weighted by Crippen LogP contribution is -2.37. The lowest BCUT2D eigenvalue weighted by Gasteiger charge is -2.27. The van der Waals surface area contributed by atoms with Crippen molar-refractivity contribution < 1.29 is 18.7 Å². The number of hydrogen-bond donors (Lipinski definition) is 0. The molecule has 4 rings (SSSR count). The molecule has 26 heavy (non-hydrogen) atoms. The van der Waals surface area contributed by atoms with Gasteiger partial charge in [-0.1, -0.05) is 18.2 Å². The van der Waals surface area contributed by atoms with E-state index >= 15 is 0 Å². The summed E-state index contributed by atoms with van der Waals surface area (Å²) in [5.74, 6) is 0.669. The Labute approximate surface area is 150 Å². The van der Waals surface area contributed by atoms with E-state index in [9.17, 15) is 9.18 Å². The Hall–Kier alpha value is -3.15. The minimum atomic E-state index is -0.534. The van der Waals surface area contributed by atoms with E-state index < -0.39 is 6.09 Å². The third-order valence-corrected chi connectivity index (χ3v) is 4.26. The van der Waals surface area contributed by atoms with Crippen molar-refractivity contribution in [2.24, 2.45) is 0 Å². The number of carbonyl (C=O) groups is 1. The summed E-state index contributed by atoms with van der Waals surface area (Å²) < 4.78 is 24.7. The maximum absolute atomic E-state index is 13.9. The Morgan fingerprint density at radius 2 is 2.08 bits per heavy atom. The Morgan fingerprint density at radius 3 is 2.88 bits per heavy atom. The molecule has 0 saturated carbocycles. The van der Waals surface area contributed by atoms with Gasteiger partial charge in [0.25, 0.3) is 0 Å². The summed E-state index contributed by atoms with van der Waals surface area (Å²) in [7, 11) is 0. The van der Waals surface area contributed by atoms with E-state index in [1.807, 2.05) is 31.2 Å². The molecule has 0 atom stereocenters. The third kappa shape index (κ3) is 3.06. The quantitative estimate of drug-likeness (QED) is 0.703. The predicted octanol–water partition coefficient (Wildman–Crippen LogP) is 4.29. The van der Waals surface area contributed by atoms with Crippen molar-refractivity contribution in [3.63, 3.8) is 0 Å². The number of pyridine rings is 1. The molecule has 1 aliphatic heterocycles. The van der Waals surface area contributed by atoms with Crippen molar-refractivity contribution in [3.05, 3.63) is 65.5 Å². The first-order valence-electron chi connectivity index (χ1n) is 8.40. The summed E-state index contributed by atoms with van der Waals surface area (Å²) in [5, 5.41) is 0.927. The number of halogens is 1. The van der Waals surface area contributed by atoms with Crippen LogP contribution in [0.1, 0.15) is 18.1 Å². The van der Waals surface area contributed by atoms with E-state index in [2.05, 4.69) is 4.98 Å². The van der Waals surface area contributed by atoms with Gasteiger partial charge in [-0.15, -0.1) is 0 Å². The fourth-order valence-corrected chi connectivity index (χ4v) is 3.00. The van der Waals surface area contributed by atoms with Crippen LogP contribution >= 0.6 is 0 Å². The Kier molecular flexibility index (Phi) is 4.16. The average Bonchev–Trinajstić information content (AvgIpc) is 2.63. The lowest BCUT2D eigenvalue weighted by atomic mass is 10.1. The van der Waals surface area contributed by atoms with Crippen LogP contribution in [0.4, 0.5) is 9.18 Å². The zero-order chi connectivity index (χ0) is 18.1. The van der Waals surface area contributed by atoms with Gasteiger partial charge in [0.15, 0.2) is 0 Å². The van der Waals surface area contributed by atoms with Gasteiger partial charge in [0.1, 0.15) is 11.6 Å². The van der Waals surface area contributed by atoms with Gasteiger partial charge in [-0.05, 0) is 31.2 Å². The van der Waals surface area contributed by atoms with Gasteiger partial charge < -0.3 is 9.47 Å². The van der Waals surface area contributed by atoms with Crippen LogP contribution in [0.15, 0.2) is 48.5 Å². The molecule has 0 N–H and O–H groups in total. The molecule has 2 aromatic carbocycles. The zero-order valence-electron chi connectivity index (χ0n) is 14.2. The number of amides is 1. The molecule has 1 aromatic heterocycles. The summed E-state index contributed by atoms with van der Waals surface area (Å²) in [5.41, 5.74) is 1.94. The summed E-state index contributed by atoms with van der Waals surface area (Å²) in [6.07, 6.45) is -0.534. The molecule has 1 aliphatic rings. The minimum Gasteiger partial charge on any atom is -0.494 e. The number of rotatable bonds is 4. The monoisotopic (exact) mass is 352 g/mol. The van der Waals surface area contributed by atoms with E-state index in [-0.39, 0.29) is 12.4 Å². The highest BCUT2D eigenvalue weighted by Crippen LogP contribution is 2.30. The number of aromatic nitrogens is 1. The largest absolute Gasteiger partial charge is 0.494 e. The van der Waals surface area contributed by atoms with Gasteiger partial charge in [0.05, 0.1) is 25.2 Å². The number of benzene rings is 2. The molecule has 3 aromatic rings. The summed E-state index contributed by atoms with van der Waals surface area (Å²) in [6, 6.07) is 14.0. The predicted molar refractivity (Wildman–Crippen MR) is 94.6 cm³/mol. The number of nitrogens with zero attached hydrogens (tertiary/aromatic N) is 2. The maximum Gasteiger partial charge on any atom is 0.417 e. The molecule has 0 fully saturated rings. The van der Waals surface area contributed by atoms with Crippen molar-refractivity contribution in [3.8, 4) is 11.6 Å². The van der Waals surface area contributed by atoms with Gasteiger partial charge in [-0.3, -0.25) is 4.90 Å². The SMILES string of the molecule is CCOc1ccc2cc3c(nc2c1)OC(=O)N(Cc1ccccc1F)C3. The molecular formula is C20H17FN2O3. The highest BCUT2D eigenvalue weighted by Gasteiger charge is 2.27. The van der Waals surface area contributed by atoms with Crippen molar-refractivity contribution >= 4 is 17.0 Å². The van der Waals surface area contributed by atoms with Crippen molar-refractivity contribution in [2.45, 2.75) is 20.0 Å². The summed E-state index contributed by atoms with van der Waals surface area (Å²) >= 11 is 0. The Balaban J connectivity index is 1.64. The fourth-order valence-electron chi connectivity index (χ4n) is 3.00. The first-order valence-corrected chi connectivity index (χ1v) is 8.40. The standard InChI is InChI=1S/C20H17FN2O3/c1-2-25-16-8-7-13-9-15-12-23(11-14-5-3-4-6-17(14)21)20(24)26-19(15)22-18(13)10-16/h3-10H,2,11-12H2,1H3. The first kappa shape index (κ1) is 16.3. The third-order valence-electron chi connectivity index (χ3n) is 4.26. The number of fused-ring (bicyclic) bond motifs is 2. The Morgan fingerprint density at radius 1 is 1.23 bits per heavy atom. The molecule has 0 bridgehead atoms. The second-order valence-electron chi connectivity index (χ2n) is 6.06.